The Labute approximate surface area is 127 Å². The summed E-state index contributed by atoms with van der Waals surface area (Å²) in [5, 5.41) is 21.5. The third-order valence-corrected chi connectivity index (χ3v) is 3.71. The number of hydrogen-bond acceptors (Lipinski definition) is 3. The van der Waals surface area contributed by atoms with Gasteiger partial charge in [-0.05, 0) is 42.3 Å². The summed E-state index contributed by atoms with van der Waals surface area (Å²) in [6, 6.07) is 13.9. The molecule has 1 aromatic heterocycles. The summed E-state index contributed by atoms with van der Waals surface area (Å²) in [6.45, 7) is 2.91. The Morgan fingerprint density at radius 3 is 2.50 bits per heavy atom. The predicted octanol–water partition coefficient (Wildman–Crippen LogP) is 4.33. The highest BCUT2D eigenvalue weighted by Crippen LogP contribution is 2.31. The highest BCUT2D eigenvalue weighted by Gasteiger charge is 2.12. The number of fused-ring (bicyclic) bond motifs is 1. The van der Waals surface area contributed by atoms with Crippen LogP contribution in [0.25, 0.3) is 22.2 Å². The molecule has 0 aliphatic carbocycles. The molecule has 3 aromatic rings. The van der Waals surface area contributed by atoms with Gasteiger partial charge in [-0.1, -0.05) is 6.92 Å². The van der Waals surface area contributed by atoms with Crippen LogP contribution in [0.15, 0.2) is 48.5 Å². The van der Waals surface area contributed by atoms with Gasteiger partial charge in [-0.25, -0.2) is 0 Å². The molecule has 1 heterocycles. The topological polar surface area (TPSA) is 68.3 Å². The molecule has 5 heteroatoms. The van der Waals surface area contributed by atoms with Crippen LogP contribution in [-0.2, 0) is 6.54 Å². The lowest BCUT2D eigenvalue weighted by molar-refractivity contribution is -0.384. The molecule has 0 amide bonds. The first-order chi connectivity index (χ1) is 10.6. The van der Waals surface area contributed by atoms with E-state index in [-0.39, 0.29) is 11.4 Å². The second-order valence-electron chi connectivity index (χ2n) is 5.23. The molecular formula is C17H16N2O3. The number of benzene rings is 2. The number of aromatic nitrogens is 1. The summed E-state index contributed by atoms with van der Waals surface area (Å²) < 4.78 is 2.14. The fraction of sp³-hybridized carbons (Fsp3) is 0.176. The number of aryl methyl sites for hydroxylation is 1. The Morgan fingerprint density at radius 2 is 1.86 bits per heavy atom. The van der Waals surface area contributed by atoms with Gasteiger partial charge >= 0.3 is 0 Å². The van der Waals surface area contributed by atoms with Gasteiger partial charge in [0.15, 0.2) is 0 Å². The molecule has 1 N–H and O–H groups in total. The summed E-state index contributed by atoms with van der Waals surface area (Å²) >= 11 is 0. The maximum Gasteiger partial charge on any atom is 0.269 e. The third-order valence-electron chi connectivity index (χ3n) is 3.71. The van der Waals surface area contributed by atoms with Gasteiger partial charge in [0.1, 0.15) is 5.75 Å². The van der Waals surface area contributed by atoms with Gasteiger partial charge in [-0.3, -0.25) is 10.1 Å². The second-order valence-corrected chi connectivity index (χ2v) is 5.23. The second kappa shape index (κ2) is 5.52. The van der Waals surface area contributed by atoms with E-state index in [2.05, 4.69) is 11.5 Å². The monoisotopic (exact) mass is 296 g/mol. The summed E-state index contributed by atoms with van der Waals surface area (Å²) in [7, 11) is 0. The molecule has 22 heavy (non-hydrogen) atoms. The van der Waals surface area contributed by atoms with Crippen molar-refractivity contribution >= 4 is 16.6 Å². The van der Waals surface area contributed by atoms with Crippen molar-refractivity contribution < 1.29 is 10.0 Å². The molecule has 3 rings (SSSR count). The average Bonchev–Trinajstić information content (AvgIpc) is 2.86. The smallest absolute Gasteiger partial charge is 0.269 e. The van der Waals surface area contributed by atoms with E-state index in [0.29, 0.717) is 0 Å². The Kier molecular flexibility index (Phi) is 3.55. The molecule has 0 bridgehead atoms. The summed E-state index contributed by atoms with van der Waals surface area (Å²) in [6.07, 6.45) is 0.958. The molecule has 0 aliphatic heterocycles. The Hall–Kier alpha value is -2.82. The van der Waals surface area contributed by atoms with E-state index in [1.165, 1.54) is 12.1 Å². The van der Waals surface area contributed by atoms with Gasteiger partial charge in [-0.2, -0.15) is 0 Å². The number of aromatic hydroxyl groups is 1. The molecule has 0 aliphatic rings. The highest BCUT2D eigenvalue weighted by atomic mass is 16.6. The number of nitrogens with zero attached hydrogens (tertiary/aromatic N) is 2. The van der Waals surface area contributed by atoms with Crippen LogP contribution in [0.3, 0.4) is 0 Å². The minimum absolute atomic E-state index is 0.0829. The summed E-state index contributed by atoms with van der Waals surface area (Å²) in [5.74, 6) is 0.234. The lowest BCUT2D eigenvalue weighted by Gasteiger charge is -2.09. The van der Waals surface area contributed by atoms with E-state index in [9.17, 15) is 15.2 Å². The van der Waals surface area contributed by atoms with E-state index >= 15 is 0 Å². The summed E-state index contributed by atoms with van der Waals surface area (Å²) in [4.78, 5) is 10.4. The summed E-state index contributed by atoms with van der Waals surface area (Å²) in [5.41, 5.74) is 2.97. The lowest BCUT2D eigenvalue weighted by Crippen LogP contribution is -1.99. The molecule has 0 fully saturated rings. The van der Waals surface area contributed by atoms with Gasteiger partial charge < -0.3 is 9.67 Å². The number of phenolic OH excluding ortho intramolecular Hbond substituents is 1. The minimum atomic E-state index is -0.399. The number of nitro groups is 1. The van der Waals surface area contributed by atoms with Crippen LogP contribution < -0.4 is 0 Å². The first-order valence-electron chi connectivity index (χ1n) is 7.17. The van der Waals surface area contributed by atoms with Crippen LogP contribution in [0.4, 0.5) is 5.69 Å². The van der Waals surface area contributed by atoms with Crippen molar-refractivity contribution in [2.45, 2.75) is 19.9 Å². The largest absolute Gasteiger partial charge is 0.508 e. The van der Waals surface area contributed by atoms with Crippen LogP contribution in [0.2, 0.25) is 0 Å². The highest BCUT2D eigenvalue weighted by molar-refractivity contribution is 5.88. The standard InChI is InChI=1S/C17H16N2O3/c1-2-9-18-16(10-13-5-8-15(20)11-17(13)18)12-3-6-14(7-4-12)19(21)22/h3-8,10-11,20H,2,9H2,1H3. The van der Waals surface area contributed by atoms with E-state index < -0.39 is 4.92 Å². The first-order valence-corrected chi connectivity index (χ1v) is 7.17. The molecule has 0 atom stereocenters. The number of nitro benzene ring substituents is 1. The van der Waals surface area contributed by atoms with Gasteiger partial charge in [0.25, 0.3) is 5.69 Å². The van der Waals surface area contributed by atoms with Crippen LogP contribution in [0.5, 0.6) is 5.75 Å². The van der Waals surface area contributed by atoms with Crippen molar-refractivity contribution in [2.75, 3.05) is 0 Å². The van der Waals surface area contributed by atoms with Crippen LogP contribution in [-0.4, -0.2) is 14.6 Å². The van der Waals surface area contributed by atoms with Crippen LogP contribution in [0.1, 0.15) is 13.3 Å². The van der Waals surface area contributed by atoms with Crippen molar-refractivity contribution in [3.63, 3.8) is 0 Å². The van der Waals surface area contributed by atoms with E-state index in [1.807, 2.05) is 12.1 Å². The van der Waals surface area contributed by atoms with Crippen molar-refractivity contribution in [3.8, 4) is 17.0 Å². The maximum atomic E-state index is 10.8. The predicted molar refractivity (Wildman–Crippen MR) is 86.0 cm³/mol. The quantitative estimate of drug-likeness (QED) is 0.575. The SMILES string of the molecule is CCCn1c(-c2ccc([N+](=O)[O-])cc2)cc2ccc(O)cc21. The normalized spacial score (nSPS) is 11.0. The van der Waals surface area contributed by atoms with Crippen molar-refractivity contribution in [1.29, 1.82) is 0 Å². The fourth-order valence-corrected chi connectivity index (χ4v) is 2.70. The molecule has 0 spiro atoms. The van der Waals surface area contributed by atoms with Crippen molar-refractivity contribution in [2.24, 2.45) is 0 Å². The fourth-order valence-electron chi connectivity index (χ4n) is 2.70. The molecule has 5 nitrogen and oxygen atoms in total. The zero-order valence-corrected chi connectivity index (χ0v) is 12.2. The molecule has 2 aromatic carbocycles. The molecule has 0 saturated heterocycles. The lowest BCUT2D eigenvalue weighted by atomic mass is 10.1. The van der Waals surface area contributed by atoms with Gasteiger partial charge in [0.2, 0.25) is 0 Å². The zero-order valence-electron chi connectivity index (χ0n) is 12.2. The van der Waals surface area contributed by atoms with Gasteiger partial charge in [-0.15, -0.1) is 0 Å². The van der Waals surface area contributed by atoms with Gasteiger partial charge in [0.05, 0.1) is 10.4 Å². The average molecular weight is 296 g/mol. The Morgan fingerprint density at radius 1 is 1.14 bits per heavy atom. The van der Waals surface area contributed by atoms with Crippen molar-refractivity contribution in [3.05, 3.63) is 58.6 Å². The number of rotatable bonds is 4. The van der Waals surface area contributed by atoms with E-state index in [4.69, 9.17) is 0 Å². The molecule has 0 radical (unpaired) electrons. The number of non-ortho nitro benzene ring substituents is 1. The Balaban J connectivity index is 2.16. The molecule has 0 unspecified atom stereocenters. The third kappa shape index (κ3) is 2.41. The molecule has 0 saturated carbocycles. The number of phenols is 1. The minimum Gasteiger partial charge on any atom is -0.508 e. The number of hydrogen-bond donors (Lipinski definition) is 1. The Bertz CT molecular complexity index is 835. The van der Waals surface area contributed by atoms with Crippen LogP contribution in [0, 0.1) is 10.1 Å². The van der Waals surface area contributed by atoms with Gasteiger partial charge in [0, 0.05) is 35.8 Å². The van der Waals surface area contributed by atoms with Crippen molar-refractivity contribution in [1.82, 2.24) is 4.57 Å². The zero-order chi connectivity index (χ0) is 15.7. The molecular weight excluding hydrogens is 280 g/mol. The first kappa shape index (κ1) is 14.1. The van der Waals surface area contributed by atoms with E-state index in [0.717, 1.165) is 35.1 Å². The van der Waals surface area contributed by atoms with E-state index in [1.54, 1.807) is 24.3 Å². The van der Waals surface area contributed by atoms with Crippen LogP contribution >= 0.6 is 0 Å². The maximum absolute atomic E-state index is 10.8. The molecule has 112 valence electrons.